The summed E-state index contributed by atoms with van der Waals surface area (Å²) in [7, 11) is 0. The van der Waals surface area contributed by atoms with E-state index in [0.29, 0.717) is 22.0 Å². The number of carbonyl (C=O) groups excluding carboxylic acids is 2. The molecule has 0 bridgehead atoms. The van der Waals surface area contributed by atoms with Crippen LogP contribution in [-0.4, -0.2) is 16.9 Å². The average molecular weight is 474 g/mol. The van der Waals surface area contributed by atoms with Crippen LogP contribution >= 0.6 is 46.4 Å². The van der Waals surface area contributed by atoms with E-state index in [1.54, 1.807) is 36.4 Å². The Morgan fingerprint density at radius 1 is 1.04 bits per heavy atom. The molecular weight excluding hydrogens is 461 g/mol. The largest absolute Gasteiger partial charge is 0.332 e. The second-order valence-electron chi connectivity index (χ2n) is 4.79. The fraction of sp³-hybridized carbons (Fsp3) is 0.0625. The number of halogens is 2. The van der Waals surface area contributed by atoms with Gasteiger partial charge in [0.15, 0.2) is 5.11 Å². The maximum Gasteiger partial charge on any atom is 0.257 e. The number of hydrogen-bond donors (Lipinski definition) is 3. The molecule has 0 radical (unpaired) electrons. The highest BCUT2D eigenvalue weighted by molar-refractivity contribution is 14.1. The van der Waals surface area contributed by atoms with E-state index < -0.39 is 0 Å². The molecule has 2 amide bonds. The molecule has 24 heavy (non-hydrogen) atoms. The van der Waals surface area contributed by atoms with E-state index >= 15 is 0 Å². The number of hydrogen-bond acceptors (Lipinski definition) is 3. The van der Waals surface area contributed by atoms with Crippen LogP contribution in [0.25, 0.3) is 0 Å². The summed E-state index contributed by atoms with van der Waals surface area (Å²) in [4.78, 5) is 23.2. The number of benzene rings is 2. The van der Waals surface area contributed by atoms with Crippen LogP contribution in [0.4, 0.5) is 11.4 Å². The third kappa shape index (κ3) is 5.43. The molecule has 2 rings (SSSR count). The molecule has 0 atom stereocenters. The Hall–Kier alpha value is -1.71. The maximum absolute atomic E-state index is 12.3. The first-order valence-corrected chi connectivity index (χ1v) is 8.66. The summed E-state index contributed by atoms with van der Waals surface area (Å²) >= 11 is 13.2. The van der Waals surface area contributed by atoms with E-state index in [4.69, 9.17) is 23.8 Å². The minimum Gasteiger partial charge on any atom is -0.332 e. The SMILES string of the molecule is CC(=O)NC(=S)Nc1ccc(NC(=O)c2cc(I)ccc2Cl)cc1. The van der Waals surface area contributed by atoms with Gasteiger partial charge in [-0.3, -0.25) is 9.59 Å². The first kappa shape index (κ1) is 18.6. The van der Waals surface area contributed by atoms with E-state index in [0.717, 1.165) is 3.57 Å². The number of thiocarbonyl (C=S) groups is 1. The van der Waals surface area contributed by atoms with Gasteiger partial charge in [-0.2, -0.15) is 0 Å². The molecular formula is C16H13ClIN3O2S. The van der Waals surface area contributed by atoms with Crippen molar-refractivity contribution in [3.8, 4) is 0 Å². The molecule has 3 N–H and O–H groups in total. The van der Waals surface area contributed by atoms with Crippen molar-refractivity contribution in [3.63, 3.8) is 0 Å². The highest BCUT2D eigenvalue weighted by atomic mass is 127. The molecule has 0 saturated heterocycles. The molecule has 0 fully saturated rings. The second-order valence-corrected chi connectivity index (χ2v) is 6.85. The summed E-state index contributed by atoms with van der Waals surface area (Å²) < 4.78 is 0.924. The van der Waals surface area contributed by atoms with Crippen molar-refractivity contribution in [1.29, 1.82) is 0 Å². The van der Waals surface area contributed by atoms with Gasteiger partial charge in [-0.25, -0.2) is 0 Å². The van der Waals surface area contributed by atoms with Crippen LogP contribution in [0.3, 0.4) is 0 Å². The number of carbonyl (C=O) groups is 2. The van der Waals surface area contributed by atoms with Gasteiger partial charge in [-0.05, 0) is 77.3 Å². The Morgan fingerprint density at radius 3 is 2.21 bits per heavy atom. The zero-order valence-electron chi connectivity index (χ0n) is 12.5. The summed E-state index contributed by atoms with van der Waals surface area (Å²) in [6.45, 7) is 1.38. The quantitative estimate of drug-likeness (QED) is 0.465. The lowest BCUT2D eigenvalue weighted by Gasteiger charge is -2.10. The van der Waals surface area contributed by atoms with Gasteiger partial charge >= 0.3 is 0 Å². The van der Waals surface area contributed by atoms with Crippen molar-refractivity contribution in [1.82, 2.24) is 5.32 Å². The van der Waals surface area contributed by atoms with Crippen LogP contribution in [0, 0.1) is 3.57 Å². The molecule has 124 valence electrons. The summed E-state index contributed by atoms with van der Waals surface area (Å²) in [5.74, 6) is -0.529. The Labute approximate surface area is 163 Å². The normalized spacial score (nSPS) is 9.96. The van der Waals surface area contributed by atoms with E-state index in [9.17, 15) is 9.59 Å². The van der Waals surface area contributed by atoms with Crippen molar-refractivity contribution >= 4 is 74.7 Å². The van der Waals surface area contributed by atoms with Gasteiger partial charge in [0, 0.05) is 21.9 Å². The number of amides is 2. The van der Waals surface area contributed by atoms with Crippen molar-refractivity contribution < 1.29 is 9.59 Å². The predicted molar refractivity (Wildman–Crippen MR) is 109 cm³/mol. The van der Waals surface area contributed by atoms with E-state index in [1.165, 1.54) is 6.92 Å². The molecule has 2 aromatic rings. The molecule has 2 aromatic carbocycles. The molecule has 0 spiro atoms. The fourth-order valence-electron chi connectivity index (χ4n) is 1.83. The Morgan fingerprint density at radius 2 is 1.62 bits per heavy atom. The Balaban J connectivity index is 2.03. The fourth-order valence-corrected chi connectivity index (χ4v) is 2.79. The first-order chi connectivity index (χ1) is 11.3. The van der Waals surface area contributed by atoms with Crippen LogP contribution in [0.15, 0.2) is 42.5 Å². The van der Waals surface area contributed by atoms with Gasteiger partial charge < -0.3 is 16.0 Å². The summed E-state index contributed by atoms with van der Waals surface area (Å²) in [5, 5.41) is 8.72. The molecule has 0 aliphatic heterocycles. The number of anilines is 2. The summed E-state index contributed by atoms with van der Waals surface area (Å²) in [6.07, 6.45) is 0. The van der Waals surface area contributed by atoms with Crippen molar-refractivity contribution in [3.05, 3.63) is 56.6 Å². The second kappa shape index (κ2) is 8.41. The zero-order valence-corrected chi connectivity index (χ0v) is 16.3. The topological polar surface area (TPSA) is 70.2 Å². The van der Waals surface area contributed by atoms with Crippen LogP contribution in [0.2, 0.25) is 5.02 Å². The smallest absolute Gasteiger partial charge is 0.257 e. The van der Waals surface area contributed by atoms with Gasteiger partial charge in [0.25, 0.3) is 5.91 Å². The molecule has 0 aromatic heterocycles. The van der Waals surface area contributed by atoms with Crippen molar-refractivity contribution in [2.75, 3.05) is 10.6 Å². The third-order valence-electron chi connectivity index (χ3n) is 2.86. The first-order valence-electron chi connectivity index (χ1n) is 6.80. The number of rotatable bonds is 3. The van der Waals surface area contributed by atoms with Crippen molar-refractivity contribution in [2.24, 2.45) is 0 Å². The molecule has 8 heteroatoms. The number of nitrogens with one attached hydrogen (secondary N) is 3. The Kier molecular flexibility index (Phi) is 6.52. The lowest BCUT2D eigenvalue weighted by atomic mass is 10.2. The van der Waals surface area contributed by atoms with Gasteiger partial charge in [0.2, 0.25) is 5.91 Å². The van der Waals surface area contributed by atoms with E-state index in [2.05, 4.69) is 38.5 Å². The van der Waals surface area contributed by atoms with Crippen LogP contribution in [0.1, 0.15) is 17.3 Å². The molecule has 0 saturated carbocycles. The van der Waals surface area contributed by atoms with Crippen LogP contribution in [0.5, 0.6) is 0 Å². The van der Waals surface area contributed by atoms with Crippen LogP contribution < -0.4 is 16.0 Å². The van der Waals surface area contributed by atoms with Gasteiger partial charge in [-0.15, -0.1) is 0 Å². The molecule has 5 nitrogen and oxygen atoms in total. The minimum absolute atomic E-state index is 0.213. The maximum atomic E-state index is 12.3. The highest BCUT2D eigenvalue weighted by Crippen LogP contribution is 2.21. The minimum atomic E-state index is -0.284. The predicted octanol–water partition coefficient (Wildman–Crippen LogP) is 4.03. The van der Waals surface area contributed by atoms with E-state index in [1.807, 2.05) is 6.07 Å². The molecule has 0 aliphatic rings. The molecule has 0 unspecified atom stereocenters. The average Bonchev–Trinajstić information content (AvgIpc) is 2.50. The standard InChI is InChI=1S/C16H13ClIN3O2S/c1-9(22)19-16(24)21-12-5-3-11(4-6-12)20-15(23)13-8-10(18)2-7-14(13)17/h2-8H,1H3,(H,20,23)(H2,19,21,22,24). The van der Waals surface area contributed by atoms with Gasteiger partial charge in [0.05, 0.1) is 10.6 Å². The van der Waals surface area contributed by atoms with E-state index in [-0.39, 0.29) is 16.9 Å². The third-order valence-corrected chi connectivity index (χ3v) is 4.07. The lowest BCUT2D eigenvalue weighted by molar-refractivity contribution is -0.117. The molecule has 0 aliphatic carbocycles. The van der Waals surface area contributed by atoms with Crippen molar-refractivity contribution in [2.45, 2.75) is 6.92 Å². The molecule has 0 heterocycles. The van der Waals surface area contributed by atoms with Gasteiger partial charge in [0.1, 0.15) is 0 Å². The van der Waals surface area contributed by atoms with Gasteiger partial charge in [-0.1, -0.05) is 11.6 Å². The van der Waals surface area contributed by atoms with Crippen LogP contribution in [-0.2, 0) is 4.79 Å². The summed E-state index contributed by atoms with van der Waals surface area (Å²) in [5.41, 5.74) is 1.72. The monoisotopic (exact) mass is 473 g/mol. The highest BCUT2D eigenvalue weighted by Gasteiger charge is 2.11. The zero-order chi connectivity index (χ0) is 17.7. The summed E-state index contributed by atoms with van der Waals surface area (Å²) in [6, 6.07) is 12.2. The Bertz CT molecular complexity index is 796. The lowest BCUT2D eigenvalue weighted by Crippen LogP contribution is -2.32.